The molecule has 8 aromatic rings. The minimum absolute atomic E-state index is 0.660. The molecule has 0 bridgehead atoms. The summed E-state index contributed by atoms with van der Waals surface area (Å²) in [6.07, 6.45) is 0. The predicted octanol–water partition coefficient (Wildman–Crippen LogP) is 10.9. The summed E-state index contributed by atoms with van der Waals surface area (Å²) in [5.41, 5.74) is 9.03. The third kappa shape index (κ3) is 4.76. The normalized spacial score (nSPS) is 11.3. The largest absolute Gasteiger partial charge is 0.208 e. The maximum absolute atomic E-state index is 5.03. The summed E-state index contributed by atoms with van der Waals surface area (Å²) in [5.74, 6) is 1.99. The van der Waals surface area contributed by atoms with E-state index in [-0.39, 0.29) is 0 Å². The number of aryl methyl sites for hydroxylation is 1. The van der Waals surface area contributed by atoms with E-state index in [1.807, 2.05) is 41.7 Å². The van der Waals surface area contributed by atoms with Crippen molar-refractivity contribution in [3.8, 4) is 56.4 Å². The van der Waals surface area contributed by atoms with E-state index in [2.05, 4.69) is 122 Å². The van der Waals surface area contributed by atoms with Crippen LogP contribution < -0.4 is 0 Å². The van der Waals surface area contributed by atoms with Gasteiger partial charge in [-0.15, -0.1) is 11.3 Å². The van der Waals surface area contributed by atoms with Gasteiger partial charge in [0.25, 0.3) is 0 Å². The highest BCUT2D eigenvalue weighted by Gasteiger charge is 2.16. The lowest BCUT2D eigenvalue weighted by Gasteiger charge is -2.10. The topological polar surface area (TPSA) is 38.7 Å². The van der Waals surface area contributed by atoms with Crippen molar-refractivity contribution in [3.05, 3.63) is 151 Å². The second-order valence-electron chi connectivity index (χ2n) is 10.9. The van der Waals surface area contributed by atoms with Crippen LogP contribution >= 0.6 is 11.3 Å². The van der Waals surface area contributed by atoms with E-state index in [4.69, 9.17) is 15.0 Å². The number of rotatable bonds is 5. The summed E-state index contributed by atoms with van der Waals surface area (Å²) in [6.45, 7) is 2.14. The Morgan fingerprint density at radius 2 is 0.932 bits per heavy atom. The molecule has 4 heteroatoms. The van der Waals surface area contributed by atoms with Crippen molar-refractivity contribution >= 4 is 31.5 Å². The van der Waals surface area contributed by atoms with Gasteiger partial charge in [-0.05, 0) is 46.9 Å². The van der Waals surface area contributed by atoms with Crippen LogP contribution in [-0.2, 0) is 0 Å². The Morgan fingerprint density at radius 3 is 1.64 bits per heavy atom. The molecule has 3 nitrogen and oxygen atoms in total. The fourth-order valence-electron chi connectivity index (χ4n) is 5.87. The Balaban J connectivity index is 1.25. The number of aromatic nitrogens is 3. The van der Waals surface area contributed by atoms with E-state index in [1.165, 1.54) is 48.0 Å². The molecule has 0 spiro atoms. The number of hydrogen-bond donors (Lipinski definition) is 0. The van der Waals surface area contributed by atoms with Gasteiger partial charge in [0.05, 0.1) is 0 Å². The Bertz CT molecular complexity index is 2270. The fraction of sp³-hybridized carbons (Fsp3) is 0.0250. The highest BCUT2D eigenvalue weighted by Crippen LogP contribution is 2.41. The maximum Gasteiger partial charge on any atom is 0.164 e. The van der Waals surface area contributed by atoms with Crippen LogP contribution in [0.15, 0.2) is 146 Å². The smallest absolute Gasteiger partial charge is 0.164 e. The molecule has 2 heterocycles. The Hall–Kier alpha value is -5.45. The van der Waals surface area contributed by atoms with Crippen LogP contribution in [0.5, 0.6) is 0 Å². The minimum Gasteiger partial charge on any atom is -0.208 e. The molecule has 2 aromatic heterocycles. The zero-order valence-electron chi connectivity index (χ0n) is 24.1. The van der Waals surface area contributed by atoms with Crippen molar-refractivity contribution in [1.82, 2.24) is 15.0 Å². The van der Waals surface area contributed by atoms with Crippen molar-refractivity contribution in [2.45, 2.75) is 6.92 Å². The van der Waals surface area contributed by atoms with Gasteiger partial charge in [0.15, 0.2) is 17.5 Å². The molecule has 0 atom stereocenters. The predicted molar refractivity (Wildman–Crippen MR) is 185 cm³/mol. The standard InChI is InChI=1S/C40H27N3S/c1-26-11-8-9-16-32(26)28-19-21-30(22-20-28)39-41-38(29-14-6-3-7-15-29)42-40(43-39)31-23-24-34-36(25-31)44-35-18-10-17-33(37(34)35)27-12-4-2-5-13-27/h2-25H,1H3. The molecule has 0 aliphatic rings. The first-order valence-corrected chi connectivity index (χ1v) is 15.5. The van der Waals surface area contributed by atoms with Crippen LogP contribution in [-0.4, -0.2) is 15.0 Å². The SMILES string of the molecule is Cc1ccccc1-c1ccc(-c2nc(-c3ccccc3)nc(-c3ccc4c(c3)sc3cccc(-c5ccccc5)c34)n2)cc1. The minimum atomic E-state index is 0.660. The van der Waals surface area contributed by atoms with Gasteiger partial charge in [0, 0.05) is 36.9 Å². The van der Waals surface area contributed by atoms with E-state index in [9.17, 15) is 0 Å². The molecular formula is C40H27N3S. The number of benzene rings is 6. The van der Waals surface area contributed by atoms with Gasteiger partial charge >= 0.3 is 0 Å². The van der Waals surface area contributed by atoms with Crippen LogP contribution in [0.1, 0.15) is 5.56 Å². The zero-order valence-corrected chi connectivity index (χ0v) is 24.9. The molecule has 0 aliphatic carbocycles. The Morgan fingerprint density at radius 1 is 0.409 bits per heavy atom. The van der Waals surface area contributed by atoms with E-state index in [0.717, 1.165) is 16.7 Å². The molecular weight excluding hydrogens is 555 g/mol. The van der Waals surface area contributed by atoms with Gasteiger partial charge in [-0.3, -0.25) is 0 Å². The molecule has 0 fully saturated rings. The summed E-state index contributed by atoms with van der Waals surface area (Å²) < 4.78 is 2.49. The summed E-state index contributed by atoms with van der Waals surface area (Å²) in [4.78, 5) is 15.0. The monoisotopic (exact) mass is 581 g/mol. The quantitative estimate of drug-likeness (QED) is 0.203. The molecule has 208 valence electrons. The van der Waals surface area contributed by atoms with Crippen LogP contribution in [0, 0.1) is 6.92 Å². The van der Waals surface area contributed by atoms with Gasteiger partial charge in [-0.25, -0.2) is 15.0 Å². The van der Waals surface area contributed by atoms with Crippen LogP contribution in [0.2, 0.25) is 0 Å². The summed E-state index contributed by atoms with van der Waals surface area (Å²) in [6, 6.07) is 50.9. The van der Waals surface area contributed by atoms with E-state index >= 15 is 0 Å². The first-order valence-electron chi connectivity index (χ1n) is 14.7. The lowest BCUT2D eigenvalue weighted by molar-refractivity contribution is 1.07. The first-order chi connectivity index (χ1) is 21.7. The van der Waals surface area contributed by atoms with Crippen molar-refractivity contribution < 1.29 is 0 Å². The molecule has 8 rings (SSSR count). The first kappa shape index (κ1) is 26.2. The van der Waals surface area contributed by atoms with E-state index in [1.54, 1.807) is 0 Å². The van der Waals surface area contributed by atoms with Crippen molar-refractivity contribution in [2.75, 3.05) is 0 Å². The third-order valence-electron chi connectivity index (χ3n) is 8.11. The molecule has 0 unspecified atom stereocenters. The average molecular weight is 582 g/mol. The second-order valence-corrected chi connectivity index (χ2v) is 12.0. The number of fused-ring (bicyclic) bond motifs is 3. The molecule has 0 amide bonds. The van der Waals surface area contributed by atoms with E-state index in [0.29, 0.717) is 17.5 Å². The summed E-state index contributed by atoms with van der Waals surface area (Å²) in [7, 11) is 0. The Kier molecular flexibility index (Phi) is 6.55. The molecule has 0 saturated heterocycles. The van der Waals surface area contributed by atoms with Gasteiger partial charge < -0.3 is 0 Å². The van der Waals surface area contributed by atoms with E-state index < -0.39 is 0 Å². The molecule has 0 saturated carbocycles. The lowest BCUT2D eigenvalue weighted by Crippen LogP contribution is -2.00. The van der Waals surface area contributed by atoms with Crippen LogP contribution in [0.3, 0.4) is 0 Å². The molecule has 0 aliphatic heterocycles. The van der Waals surface area contributed by atoms with Gasteiger partial charge in [0.2, 0.25) is 0 Å². The van der Waals surface area contributed by atoms with Gasteiger partial charge in [0.1, 0.15) is 0 Å². The fourth-order valence-corrected chi connectivity index (χ4v) is 7.04. The third-order valence-corrected chi connectivity index (χ3v) is 9.22. The van der Waals surface area contributed by atoms with Crippen molar-refractivity contribution in [1.29, 1.82) is 0 Å². The molecule has 0 radical (unpaired) electrons. The van der Waals surface area contributed by atoms with Gasteiger partial charge in [-0.1, -0.05) is 133 Å². The average Bonchev–Trinajstić information content (AvgIpc) is 3.47. The number of nitrogens with zero attached hydrogens (tertiary/aromatic N) is 3. The Labute approximate surface area is 260 Å². The molecule has 0 N–H and O–H groups in total. The van der Waals surface area contributed by atoms with Crippen molar-refractivity contribution in [3.63, 3.8) is 0 Å². The highest BCUT2D eigenvalue weighted by atomic mass is 32.1. The van der Waals surface area contributed by atoms with Crippen molar-refractivity contribution in [2.24, 2.45) is 0 Å². The number of thiophene rings is 1. The van der Waals surface area contributed by atoms with Gasteiger partial charge in [-0.2, -0.15) is 0 Å². The second kappa shape index (κ2) is 11.0. The summed E-state index contributed by atoms with van der Waals surface area (Å²) >= 11 is 1.81. The van der Waals surface area contributed by atoms with Crippen LogP contribution in [0.25, 0.3) is 76.6 Å². The van der Waals surface area contributed by atoms with Crippen LogP contribution in [0.4, 0.5) is 0 Å². The summed E-state index contributed by atoms with van der Waals surface area (Å²) in [5, 5.41) is 2.54. The molecule has 6 aromatic carbocycles. The number of hydrogen-bond acceptors (Lipinski definition) is 4. The zero-order chi connectivity index (χ0) is 29.5. The molecule has 44 heavy (non-hydrogen) atoms. The maximum atomic E-state index is 5.03. The lowest BCUT2D eigenvalue weighted by atomic mass is 9.99. The highest BCUT2D eigenvalue weighted by molar-refractivity contribution is 7.26.